The van der Waals surface area contributed by atoms with Crippen molar-refractivity contribution in [3.05, 3.63) is 16.0 Å². The molecule has 1 aliphatic rings. The summed E-state index contributed by atoms with van der Waals surface area (Å²) in [5.74, 6) is -1.58. The van der Waals surface area contributed by atoms with Gasteiger partial charge in [0, 0.05) is 24.9 Å². The van der Waals surface area contributed by atoms with Gasteiger partial charge in [-0.05, 0) is 45.1 Å². The summed E-state index contributed by atoms with van der Waals surface area (Å²) < 4.78 is 5.25. The fraction of sp³-hybridized carbons (Fsp3) is 0.579. The van der Waals surface area contributed by atoms with Gasteiger partial charge in [0.2, 0.25) is 11.8 Å². The van der Waals surface area contributed by atoms with Crippen LogP contribution in [0.3, 0.4) is 0 Å². The van der Waals surface area contributed by atoms with Gasteiger partial charge in [0.25, 0.3) is 5.91 Å². The second-order valence-electron chi connectivity index (χ2n) is 6.53. The highest BCUT2D eigenvalue weighted by molar-refractivity contribution is 7.17. The fourth-order valence-corrected chi connectivity index (χ4v) is 4.45. The van der Waals surface area contributed by atoms with E-state index in [2.05, 4.69) is 10.6 Å². The first-order chi connectivity index (χ1) is 13.4. The number of likely N-dealkylation sites (N-methyl/N-ethyl adjacent to an activating group) is 2. The molecule has 0 aromatic carbocycles. The van der Waals surface area contributed by atoms with Gasteiger partial charge in [-0.1, -0.05) is 0 Å². The van der Waals surface area contributed by atoms with E-state index in [4.69, 9.17) is 4.74 Å². The summed E-state index contributed by atoms with van der Waals surface area (Å²) in [4.78, 5) is 50.7. The lowest BCUT2D eigenvalue weighted by atomic mass is 9.95. The molecule has 9 heteroatoms. The van der Waals surface area contributed by atoms with Crippen LogP contribution in [0.15, 0.2) is 0 Å². The van der Waals surface area contributed by atoms with E-state index in [1.54, 1.807) is 13.8 Å². The topological polar surface area (TPSA) is 105 Å². The Balaban J connectivity index is 2.07. The van der Waals surface area contributed by atoms with Crippen molar-refractivity contribution in [1.82, 2.24) is 10.2 Å². The molecule has 1 aliphatic carbocycles. The smallest absolute Gasteiger partial charge is 0.341 e. The van der Waals surface area contributed by atoms with Crippen LogP contribution in [-0.4, -0.2) is 54.8 Å². The molecule has 2 N–H and O–H groups in total. The summed E-state index contributed by atoms with van der Waals surface area (Å²) in [5, 5.41) is 5.81. The van der Waals surface area contributed by atoms with Gasteiger partial charge in [-0.3, -0.25) is 14.4 Å². The van der Waals surface area contributed by atoms with Crippen molar-refractivity contribution < 1.29 is 23.9 Å². The zero-order valence-electron chi connectivity index (χ0n) is 16.6. The number of amides is 3. The van der Waals surface area contributed by atoms with Crippen LogP contribution in [0.4, 0.5) is 5.00 Å². The minimum Gasteiger partial charge on any atom is -0.452 e. The molecule has 1 heterocycles. The molecule has 8 nitrogen and oxygen atoms in total. The van der Waals surface area contributed by atoms with Crippen molar-refractivity contribution in [2.75, 3.05) is 31.6 Å². The van der Waals surface area contributed by atoms with E-state index >= 15 is 0 Å². The highest BCUT2D eigenvalue weighted by atomic mass is 32.1. The van der Waals surface area contributed by atoms with Crippen LogP contribution >= 0.6 is 11.3 Å². The van der Waals surface area contributed by atoms with Crippen molar-refractivity contribution >= 4 is 40.0 Å². The molecule has 0 aliphatic heterocycles. The highest BCUT2D eigenvalue weighted by Crippen LogP contribution is 2.38. The molecule has 0 spiro atoms. The number of fused-ring (bicyclic) bond motifs is 1. The molecule has 0 radical (unpaired) electrons. The Morgan fingerprint density at radius 3 is 2.50 bits per heavy atom. The Bertz CT molecular complexity index is 759. The molecule has 0 fully saturated rings. The molecule has 0 saturated carbocycles. The monoisotopic (exact) mass is 409 g/mol. The maximum absolute atomic E-state index is 12.7. The number of aryl methyl sites for hydroxylation is 1. The number of nitrogens with zero attached hydrogens (tertiary/aromatic N) is 1. The van der Waals surface area contributed by atoms with Crippen LogP contribution < -0.4 is 10.6 Å². The normalized spacial score (nSPS) is 12.7. The van der Waals surface area contributed by atoms with Crippen LogP contribution in [-0.2, 0) is 32.0 Å². The Morgan fingerprint density at radius 2 is 1.86 bits per heavy atom. The number of carbonyl (C=O) groups excluding carboxylic acids is 4. The Labute approximate surface area is 168 Å². The van der Waals surface area contributed by atoms with Crippen LogP contribution in [0.2, 0.25) is 0 Å². The molecule has 154 valence electrons. The number of rotatable bonds is 8. The largest absolute Gasteiger partial charge is 0.452 e. The van der Waals surface area contributed by atoms with Gasteiger partial charge in [-0.2, -0.15) is 0 Å². The van der Waals surface area contributed by atoms with Crippen molar-refractivity contribution in [3.63, 3.8) is 0 Å². The predicted octanol–water partition coefficient (Wildman–Crippen LogP) is 1.73. The first-order valence-corrected chi connectivity index (χ1v) is 10.3. The lowest BCUT2D eigenvalue weighted by Crippen LogP contribution is -2.42. The van der Waals surface area contributed by atoms with E-state index in [0.29, 0.717) is 23.7 Å². The van der Waals surface area contributed by atoms with Crippen LogP contribution in [0.5, 0.6) is 0 Å². The van der Waals surface area contributed by atoms with Crippen LogP contribution in [0.25, 0.3) is 0 Å². The second kappa shape index (κ2) is 10.2. The molecular weight excluding hydrogens is 382 g/mol. The maximum Gasteiger partial charge on any atom is 0.341 e. The summed E-state index contributed by atoms with van der Waals surface area (Å²) in [5.41, 5.74) is 1.27. The van der Waals surface area contributed by atoms with Crippen molar-refractivity contribution in [2.45, 2.75) is 46.5 Å². The van der Waals surface area contributed by atoms with Gasteiger partial charge in [-0.25, -0.2) is 4.79 Å². The zero-order chi connectivity index (χ0) is 20.7. The number of thiophene rings is 1. The van der Waals surface area contributed by atoms with E-state index in [1.807, 2.05) is 0 Å². The molecule has 1 aromatic rings. The van der Waals surface area contributed by atoms with Crippen LogP contribution in [0, 0.1) is 0 Å². The lowest BCUT2D eigenvalue weighted by Gasteiger charge is -2.20. The summed E-state index contributed by atoms with van der Waals surface area (Å²) >= 11 is 1.40. The molecule has 0 bridgehead atoms. The Morgan fingerprint density at radius 1 is 1.14 bits per heavy atom. The number of hydrogen-bond donors (Lipinski definition) is 2. The number of ether oxygens (including phenoxy) is 1. The van der Waals surface area contributed by atoms with Crippen molar-refractivity contribution in [3.8, 4) is 0 Å². The fourth-order valence-electron chi connectivity index (χ4n) is 3.12. The lowest BCUT2D eigenvalue weighted by molar-refractivity contribution is -0.138. The zero-order valence-corrected chi connectivity index (χ0v) is 17.4. The standard InChI is InChI=1S/C19H27N3O5S/c1-4-20-15(24)10-22(5-2)16(25)11-27-19(26)17-13-8-6-7-9-14(13)28-18(17)21-12(3)23/h4-11H2,1-3H3,(H,20,24)(H,21,23). The molecule has 2 rings (SSSR count). The average Bonchev–Trinajstić information content (AvgIpc) is 3.01. The molecule has 1 aromatic heterocycles. The molecule has 3 amide bonds. The average molecular weight is 410 g/mol. The molecule has 0 unspecified atom stereocenters. The Hall–Kier alpha value is -2.42. The molecule has 28 heavy (non-hydrogen) atoms. The number of nitrogens with one attached hydrogen (secondary N) is 2. The third-order valence-electron chi connectivity index (χ3n) is 4.43. The van der Waals surface area contributed by atoms with Crippen molar-refractivity contribution in [1.29, 1.82) is 0 Å². The summed E-state index contributed by atoms with van der Waals surface area (Å²) in [6.45, 7) is 5.22. The minimum atomic E-state index is -0.620. The van der Waals surface area contributed by atoms with E-state index in [1.165, 1.54) is 23.2 Å². The summed E-state index contributed by atoms with van der Waals surface area (Å²) in [6.07, 6.45) is 3.64. The van der Waals surface area contributed by atoms with E-state index < -0.39 is 18.5 Å². The van der Waals surface area contributed by atoms with Gasteiger partial charge >= 0.3 is 5.97 Å². The SMILES string of the molecule is CCNC(=O)CN(CC)C(=O)COC(=O)c1c(NC(C)=O)sc2c1CCCC2. The van der Waals surface area contributed by atoms with E-state index in [0.717, 1.165) is 36.1 Å². The number of carbonyl (C=O) groups is 4. The van der Waals surface area contributed by atoms with Crippen LogP contribution in [0.1, 0.15) is 54.4 Å². The Kier molecular flexibility index (Phi) is 7.98. The first-order valence-electron chi connectivity index (χ1n) is 9.51. The van der Waals surface area contributed by atoms with Gasteiger partial charge in [0.05, 0.1) is 12.1 Å². The number of esters is 1. The van der Waals surface area contributed by atoms with E-state index in [9.17, 15) is 19.2 Å². The quantitative estimate of drug-likeness (QED) is 0.636. The molecular formula is C19H27N3O5S. The number of anilines is 1. The first kappa shape index (κ1) is 21.9. The molecule has 0 atom stereocenters. The van der Waals surface area contributed by atoms with Gasteiger partial charge < -0.3 is 20.3 Å². The highest BCUT2D eigenvalue weighted by Gasteiger charge is 2.28. The summed E-state index contributed by atoms with van der Waals surface area (Å²) in [6, 6.07) is 0. The van der Waals surface area contributed by atoms with Crippen molar-refractivity contribution in [2.24, 2.45) is 0 Å². The predicted molar refractivity (Wildman–Crippen MR) is 106 cm³/mol. The minimum absolute atomic E-state index is 0.0777. The third-order valence-corrected chi connectivity index (χ3v) is 5.64. The number of hydrogen-bond acceptors (Lipinski definition) is 6. The van der Waals surface area contributed by atoms with Gasteiger partial charge in [0.15, 0.2) is 6.61 Å². The van der Waals surface area contributed by atoms with E-state index in [-0.39, 0.29) is 18.4 Å². The van der Waals surface area contributed by atoms with Gasteiger partial charge in [-0.15, -0.1) is 11.3 Å². The summed E-state index contributed by atoms with van der Waals surface area (Å²) in [7, 11) is 0. The van der Waals surface area contributed by atoms with Gasteiger partial charge in [0.1, 0.15) is 5.00 Å². The molecule has 0 saturated heterocycles. The second-order valence-corrected chi connectivity index (χ2v) is 7.64. The maximum atomic E-state index is 12.7. The third kappa shape index (κ3) is 5.54.